The van der Waals surface area contributed by atoms with Gasteiger partial charge in [0.25, 0.3) is 0 Å². The van der Waals surface area contributed by atoms with Gasteiger partial charge in [-0.25, -0.2) is 0 Å². The minimum Gasteiger partial charge on any atom is -0.378 e. The van der Waals surface area contributed by atoms with Gasteiger partial charge in [-0.15, -0.1) is 0 Å². The van der Waals surface area contributed by atoms with Gasteiger partial charge in [0.15, 0.2) is 0 Å². The molecule has 0 radical (unpaired) electrons. The Balaban J connectivity index is 2.50. The molecule has 3 heteroatoms. The van der Waals surface area contributed by atoms with Crippen molar-refractivity contribution in [3.8, 4) is 0 Å². The van der Waals surface area contributed by atoms with Gasteiger partial charge in [0.2, 0.25) is 0 Å². The van der Waals surface area contributed by atoms with Crippen molar-refractivity contribution in [3.63, 3.8) is 0 Å². The lowest BCUT2D eigenvalue weighted by molar-refractivity contribution is -0.0743. The Morgan fingerprint density at radius 3 is 2.50 bits per heavy atom. The maximum Gasteiger partial charge on any atom is 0.0829 e. The van der Waals surface area contributed by atoms with Crippen LogP contribution < -0.4 is 5.32 Å². The summed E-state index contributed by atoms with van der Waals surface area (Å²) < 4.78 is 11.9. The predicted octanol–water partition coefficient (Wildman–Crippen LogP) is 3.91. The van der Waals surface area contributed by atoms with E-state index in [0.717, 1.165) is 32.6 Å². The van der Waals surface area contributed by atoms with E-state index in [-0.39, 0.29) is 5.60 Å². The fourth-order valence-corrected chi connectivity index (χ4v) is 3.55. The standard InChI is InChI=1S/C17H35NO2/c1-5-17(6-2,20-8-4)16(18-7-3)13-9-11-15-12-10-14-19-15/h15-16,18H,5-14H2,1-4H3. The SMILES string of the molecule is CCNC(CCCC1CCCO1)C(CC)(CC)OCC. The van der Waals surface area contributed by atoms with Crippen LogP contribution in [0.1, 0.15) is 72.6 Å². The first-order valence-electron chi connectivity index (χ1n) is 8.71. The summed E-state index contributed by atoms with van der Waals surface area (Å²) in [5.41, 5.74) is 0.00128. The molecule has 1 heterocycles. The Bertz CT molecular complexity index is 235. The van der Waals surface area contributed by atoms with Crippen LogP contribution in [0, 0.1) is 0 Å². The van der Waals surface area contributed by atoms with Gasteiger partial charge in [0.05, 0.1) is 11.7 Å². The third-order valence-electron chi connectivity index (χ3n) is 4.76. The van der Waals surface area contributed by atoms with Crippen LogP contribution in [0.25, 0.3) is 0 Å². The van der Waals surface area contributed by atoms with Crippen LogP contribution in [-0.4, -0.2) is 37.5 Å². The summed E-state index contributed by atoms with van der Waals surface area (Å²) in [6.07, 6.45) is 8.80. The molecule has 1 saturated heterocycles. The van der Waals surface area contributed by atoms with Gasteiger partial charge >= 0.3 is 0 Å². The molecule has 0 aromatic rings. The van der Waals surface area contributed by atoms with Gasteiger partial charge in [0.1, 0.15) is 0 Å². The lowest BCUT2D eigenvalue weighted by atomic mass is 9.84. The zero-order valence-corrected chi connectivity index (χ0v) is 14.0. The molecule has 0 amide bonds. The van der Waals surface area contributed by atoms with E-state index in [1.54, 1.807) is 0 Å². The maximum atomic E-state index is 6.17. The van der Waals surface area contributed by atoms with Crippen LogP contribution in [0.3, 0.4) is 0 Å². The molecule has 2 atom stereocenters. The fourth-order valence-electron chi connectivity index (χ4n) is 3.55. The molecule has 2 unspecified atom stereocenters. The zero-order valence-electron chi connectivity index (χ0n) is 14.0. The second-order valence-corrected chi connectivity index (χ2v) is 5.88. The van der Waals surface area contributed by atoms with E-state index >= 15 is 0 Å². The molecule has 0 aliphatic carbocycles. The highest BCUT2D eigenvalue weighted by Gasteiger charge is 2.35. The molecule has 1 rings (SSSR count). The highest BCUT2D eigenvalue weighted by molar-refractivity contribution is 4.91. The highest BCUT2D eigenvalue weighted by Crippen LogP contribution is 2.29. The third-order valence-corrected chi connectivity index (χ3v) is 4.76. The molecule has 120 valence electrons. The number of hydrogen-bond donors (Lipinski definition) is 1. The van der Waals surface area contributed by atoms with E-state index < -0.39 is 0 Å². The van der Waals surface area contributed by atoms with Crippen molar-refractivity contribution in [2.24, 2.45) is 0 Å². The van der Waals surface area contributed by atoms with Crippen LogP contribution in [0.15, 0.2) is 0 Å². The van der Waals surface area contributed by atoms with Gasteiger partial charge in [-0.1, -0.05) is 20.8 Å². The molecule has 1 aliphatic heterocycles. The van der Waals surface area contributed by atoms with Gasteiger partial charge in [-0.2, -0.15) is 0 Å². The Morgan fingerprint density at radius 1 is 1.25 bits per heavy atom. The first kappa shape index (κ1) is 17.9. The van der Waals surface area contributed by atoms with Crippen molar-refractivity contribution in [2.75, 3.05) is 19.8 Å². The first-order chi connectivity index (χ1) is 9.72. The first-order valence-corrected chi connectivity index (χ1v) is 8.71. The molecule has 1 fully saturated rings. The Morgan fingerprint density at radius 2 is 2.00 bits per heavy atom. The number of likely N-dealkylation sites (N-methyl/N-ethyl adjacent to an activating group) is 1. The van der Waals surface area contributed by atoms with Crippen molar-refractivity contribution in [2.45, 2.75) is 90.4 Å². The van der Waals surface area contributed by atoms with Crippen LogP contribution in [0.5, 0.6) is 0 Å². The van der Waals surface area contributed by atoms with Crippen molar-refractivity contribution in [1.29, 1.82) is 0 Å². The van der Waals surface area contributed by atoms with E-state index in [1.807, 2.05) is 0 Å². The van der Waals surface area contributed by atoms with Crippen molar-refractivity contribution < 1.29 is 9.47 Å². The summed E-state index contributed by atoms with van der Waals surface area (Å²) in [4.78, 5) is 0. The molecule has 0 saturated carbocycles. The molecule has 0 aromatic carbocycles. The fraction of sp³-hybridized carbons (Fsp3) is 1.00. The molecular formula is C17H35NO2. The molecule has 0 bridgehead atoms. The highest BCUT2D eigenvalue weighted by atomic mass is 16.5. The van der Waals surface area contributed by atoms with Gasteiger partial charge < -0.3 is 14.8 Å². The second kappa shape index (κ2) is 9.75. The maximum absolute atomic E-state index is 6.17. The van der Waals surface area contributed by atoms with Gasteiger partial charge in [0, 0.05) is 19.3 Å². The summed E-state index contributed by atoms with van der Waals surface area (Å²) in [5.74, 6) is 0. The van der Waals surface area contributed by atoms with E-state index in [1.165, 1.54) is 32.1 Å². The number of nitrogens with one attached hydrogen (secondary N) is 1. The Kier molecular flexibility index (Phi) is 8.74. The van der Waals surface area contributed by atoms with Crippen LogP contribution in [0.2, 0.25) is 0 Å². The summed E-state index contributed by atoms with van der Waals surface area (Å²) in [6, 6.07) is 0.462. The molecule has 1 N–H and O–H groups in total. The summed E-state index contributed by atoms with van der Waals surface area (Å²) in [5, 5.41) is 3.67. The summed E-state index contributed by atoms with van der Waals surface area (Å²) in [6.45, 7) is 11.6. The van der Waals surface area contributed by atoms with E-state index in [2.05, 4.69) is 33.0 Å². The third kappa shape index (κ3) is 5.01. The van der Waals surface area contributed by atoms with E-state index in [9.17, 15) is 0 Å². The molecular weight excluding hydrogens is 250 g/mol. The number of rotatable bonds is 11. The Labute approximate surface area is 125 Å². The topological polar surface area (TPSA) is 30.5 Å². The largest absolute Gasteiger partial charge is 0.378 e. The molecule has 0 spiro atoms. The minimum absolute atomic E-state index is 0.00128. The zero-order chi connectivity index (χ0) is 14.8. The Hall–Kier alpha value is -0.120. The van der Waals surface area contributed by atoms with Gasteiger partial charge in [-0.05, 0) is 58.4 Å². The summed E-state index contributed by atoms with van der Waals surface area (Å²) >= 11 is 0. The van der Waals surface area contributed by atoms with Crippen LogP contribution >= 0.6 is 0 Å². The average molecular weight is 285 g/mol. The van der Waals surface area contributed by atoms with Gasteiger partial charge in [-0.3, -0.25) is 0 Å². The monoisotopic (exact) mass is 285 g/mol. The number of ether oxygens (including phenoxy) is 2. The lowest BCUT2D eigenvalue weighted by Crippen LogP contribution is -2.52. The van der Waals surface area contributed by atoms with Crippen molar-refractivity contribution >= 4 is 0 Å². The van der Waals surface area contributed by atoms with E-state index in [4.69, 9.17) is 9.47 Å². The molecule has 3 nitrogen and oxygen atoms in total. The van der Waals surface area contributed by atoms with E-state index in [0.29, 0.717) is 12.1 Å². The molecule has 1 aliphatic rings. The van der Waals surface area contributed by atoms with Crippen LogP contribution in [-0.2, 0) is 9.47 Å². The molecule has 0 aromatic heterocycles. The summed E-state index contributed by atoms with van der Waals surface area (Å²) in [7, 11) is 0. The van der Waals surface area contributed by atoms with Crippen molar-refractivity contribution in [1.82, 2.24) is 5.32 Å². The minimum atomic E-state index is 0.00128. The quantitative estimate of drug-likeness (QED) is 0.624. The van der Waals surface area contributed by atoms with Crippen molar-refractivity contribution in [3.05, 3.63) is 0 Å². The smallest absolute Gasteiger partial charge is 0.0829 e. The second-order valence-electron chi connectivity index (χ2n) is 5.88. The predicted molar refractivity (Wildman–Crippen MR) is 85.2 cm³/mol. The normalized spacial score (nSPS) is 21.3. The number of hydrogen-bond acceptors (Lipinski definition) is 3. The molecule has 20 heavy (non-hydrogen) atoms. The average Bonchev–Trinajstić information content (AvgIpc) is 2.97. The lowest BCUT2D eigenvalue weighted by Gasteiger charge is -2.40. The van der Waals surface area contributed by atoms with Crippen LogP contribution in [0.4, 0.5) is 0 Å².